The van der Waals surface area contributed by atoms with Gasteiger partial charge in [0, 0.05) is 31.9 Å². The van der Waals surface area contributed by atoms with Crippen LogP contribution in [0.25, 0.3) is 10.2 Å². The van der Waals surface area contributed by atoms with Gasteiger partial charge in [0.15, 0.2) is 0 Å². The number of rotatable bonds is 6. The maximum Gasteiger partial charge on any atom is 0.414 e. The van der Waals surface area contributed by atoms with E-state index >= 15 is 0 Å². The molecule has 0 spiro atoms. The van der Waals surface area contributed by atoms with Gasteiger partial charge in [0.1, 0.15) is 5.01 Å². The number of aliphatic carboxylic acids is 4. The zero-order valence-electron chi connectivity index (χ0n) is 25.9. The van der Waals surface area contributed by atoms with Crippen molar-refractivity contribution in [2.75, 3.05) is 51.1 Å². The van der Waals surface area contributed by atoms with Crippen LogP contribution in [0.2, 0.25) is 0 Å². The second-order valence-corrected chi connectivity index (χ2v) is 11.9. The lowest BCUT2D eigenvalue weighted by Crippen LogP contribution is -2.52. The largest absolute Gasteiger partial charge is 0.473 e. The molecule has 2 aromatic carbocycles. The highest BCUT2D eigenvalue weighted by atomic mass is 32.1. The minimum atomic E-state index is -1.82. The number of para-hydroxylation sites is 2. The third kappa shape index (κ3) is 10.8. The number of nitrogens with one attached hydrogen (secondary N) is 1. The summed E-state index contributed by atoms with van der Waals surface area (Å²) in [5.74, 6) is -7.12. The molecule has 0 radical (unpaired) electrons. The van der Waals surface area contributed by atoms with Crippen molar-refractivity contribution in [3.63, 3.8) is 0 Å². The summed E-state index contributed by atoms with van der Waals surface area (Å²) in [5.41, 5.74) is 4.09. The summed E-state index contributed by atoms with van der Waals surface area (Å²) < 4.78 is 1.21. The SMILES string of the molecule is Cc1cccc(C)c1NC(=O)CN1CCN(C(=O)CN2CCCC2c2nc3ccccc3s2)CC1.O=C(O)C(=O)O.O=C(O)C(=O)O. The van der Waals surface area contributed by atoms with E-state index in [1.807, 2.05) is 49.1 Å². The molecule has 2 fully saturated rings. The van der Waals surface area contributed by atoms with Crippen LogP contribution in [0.3, 0.4) is 0 Å². The van der Waals surface area contributed by atoms with Crippen LogP contribution in [0.4, 0.5) is 5.69 Å². The fraction of sp³-hybridized carbons (Fsp3) is 0.387. The van der Waals surface area contributed by atoms with Crippen LogP contribution in [0.15, 0.2) is 42.5 Å². The van der Waals surface area contributed by atoms with Crippen molar-refractivity contribution in [3.8, 4) is 0 Å². The molecule has 0 aliphatic carbocycles. The Morgan fingerprint density at radius 3 is 1.91 bits per heavy atom. The van der Waals surface area contributed by atoms with E-state index < -0.39 is 23.9 Å². The summed E-state index contributed by atoms with van der Waals surface area (Å²) in [6.07, 6.45) is 2.15. The molecule has 0 bridgehead atoms. The van der Waals surface area contributed by atoms with Crippen molar-refractivity contribution in [1.29, 1.82) is 0 Å². The van der Waals surface area contributed by atoms with Gasteiger partial charge in [0.2, 0.25) is 11.8 Å². The average molecular weight is 672 g/mol. The van der Waals surface area contributed by atoms with Crippen LogP contribution < -0.4 is 5.32 Å². The summed E-state index contributed by atoms with van der Waals surface area (Å²) in [4.78, 5) is 73.4. The van der Waals surface area contributed by atoms with E-state index in [1.165, 1.54) is 4.70 Å². The Balaban J connectivity index is 0.000000428. The fourth-order valence-corrected chi connectivity index (χ4v) is 6.29. The highest BCUT2D eigenvalue weighted by Crippen LogP contribution is 2.36. The number of anilines is 1. The summed E-state index contributed by atoms with van der Waals surface area (Å²) in [5, 5.41) is 33.8. The van der Waals surface area contributed by atoms with Crippen molar-refractivity contribution in [3.05, 3.63) is 58.6 Å². The van der Waals surface area contributed by atoms with E-state index in [9.17, 15) is 9.59 Å². The van der Waals surface area contributed by atoms with Gasteiger partial charge in [-0.1, -0.05) is 30.3 Å². The zero-order chi connectivity index (χ0) is 34.7. The quantitative estimate of drug-likeness (QED) is 0.238. The lowest BCUT2D eigenvalue weighted by Gasteiger charge is -2.35. The van der Waals surface area contributed by atoms with Gasteiger partial charge in [-0.2, -0.15) is 0 Å². The summed E-state index contributed by atoms with van der Waals surface area (Å²) in [6.45, 7) is 8.49. The molecule has 15 nitrogen and oxygen atoms in total. The third-order valence-corrected chi connectivity index (χ3v) is 8.64. The Labute approximate surface area is 274 Å². The second kappa shape index (κ2) is 17.1. The number of likely N-dealkylation sites (tertiary alicyclic amines) is 1. The topological polar surface area (TPSA) is 218 Å². The Morgan fingerprint density at radius 2 is 1.36 bits per heavy atom. The molecule has 5 rings (SSSR count). The fourth-order valence-electron chi connectivity index (χ4n) is 5.15. The summed E-state index contributed by atoms with van der Waals surface area (Å²) in [7, 11) is 0. The Hall–Kier alpha value is -4.93. The molecular weight excluding hydrogens is 634 g/mol. The minimum absolute atomic E-state index is 0.00193. The first-order chi connectivity index (χ1) is 22.3. The zero-order valence-corrected chi connectivity index (χ0v) is 26.7. The predicted molar refractivity (Wildman–Crippen MR) is 171 cm³/mol. The van der Waals surface area contributed by atoms with Crippen molar-refractivity contribution in [1.82, 2.24) is 19.7 Å². The van der Waals surface area contributed by atoms with E-state index in [1.54, 1.807) is 11.3 Å². The first-order valence-corrected chi connectivity index (χ1v) is 15.5. The summed E-state index contributed by atoms with van der Waals surface area (Å²) >= 11 is 1.75. The number of carboxylic acid groups (broad SMARTS) is 4. The molecule has 1 aromatic heterocycles. The number of hydrogen-bond donors (Lipinski definition) is 5. The lowest BCUT2D eigenvalue weighted by molar-refractivity contribution is -0.159. The van der Waals surface area contributed by atoms with Gasteiger partial charge >= 0.3 is 23.9 Å². The normalized spacial score (nSPS) is 16.3. The van der Waals surface area contributed by atoms with Crippen molar-refractivity contribution >= 4 is 62.9 Å². The van der Waals surface area contributed by atoms with Crippen LogP contribution in [0, 0.1) is 13.8 Å². The highest BCUT2D eigenvalue weighted by Gasteiger charge is 2.32. The van der Waals surface area contributed by atoms with Gasteiger partial charge in [-0.25, -0.2) is 24.2 Å². The number of amides is 2. The predicted octanol–water partition coefficient (Wildman–Crippen LogP) is 2.14. The number of benzene rings is 2. The van der Waals surface area contributed by atoms with Gasteiger partial charge in [0.25, 0.3) is 0 Å². The standard InChI is InChI=1S/C27H33N5O2S.2C2H2O4/c1-19-7-5-8-20(2)26(19)29-24(33)17-30-13-15-31(16-14-30)25(34)18-32-12-6-10-22(32)27-28-21-9-3-4-11-23(21)35-27;2*3-1(4)2(5)6/h3-5,7-9,11,22H,6,10,12-18H2,1-2H3,(H,29,33);2*(H,3,4)(H,5,6). The van der Waals surface area contributed by atoms with Crippen molar-refractivity contribution < 1.29 is 49.2 Å². The molecule has 0 saturated carbocycles. The minimum Gasteiger partial charge on any atom is -0.473 e. The summed E-state index contributed by atoms with van der Waals surface area (Å²) in [6, 6.07) is 14.5. The molecule has 2 aliphatic heterocycles. The number of hydrogen-bond acceptors (Lipinski definition) is 10. The molecule has 3 heterocycles. The van der Waals surface area contributed by atoms with Crippen molar-refractivity contribution in [2.24, 2.45) is 0 Å². The average Bonchev–Trinajstić information content (AvgIpc) is 3.67. The van der Waals surface area contributed by atoms with Gasteiger partial charge in [-0.05, 0) is 56.5 Å². The molecule has 2 aliphatic rings. The number of carbonyl (C=O) groups is 6. The van der Waals surface area contributed by atoms with Crippen LogP contribution in [-0.4, -0.2) is 122 Å². The van der Waals surface area contributed by atoms with Gasteiger partial charge in [-0.15, -0.1) is 11.3 Å². The molecule has 16 heteroatoms. The van der Waals surface area contributed by atoms with E-state index in [2.05, 4.69) is 27.2 Å². The number of thiazole rings is 1. The van der Waals surface area contributed by atoms with E-state index in [4.69, 9.17) is 44.6 Å². The monoisotopic (exact) mass is 671 g/mol. The number of aryl methyl sites for hydroxylation is 2. The number of piperazine rings is 1. The smallest absolute Gasteiger partial charge is 0.414 e. The van der Waals surface area contributed by atoms with Crippen molar-refractivity contribution in [2.45, 2.75) is 32.7 Å². The lowest BCUT2D eigenvalue weighted by atomic mass is 10.1. The Bertz CT molecular complexity index is 1520. The van der Waals surface area contributed by atoms with Crippen LogP contribution in [0.1, 0.15) is 35.0 Å². The molecule has 252 valence electrons. The van der Waals surface area contributed by atoms with E-state index in [-0.39, 0.29) is 17.9 Å². The Morgan fingerprint density at radius 1 is 0.787 bits per heavy atom. The number of fused-ring (bicyclic) bond motifs is 1. The molecule has 3 aromatic rings. The molecule has 47 heavy (non-hydrogen) atoms. The van der Waals surface area contributed by atoms with E-state index in [0.717, 1.165) is 46.7 Å². The molecule has 1 unspecified atom stereocenters. The highest BCUT2D eigenvalue weighted by molar-refractivity contribution is 7.18. The van der Waals surface area contributed by atoms with E-state index in [0.29, 0.717) is 39.3 Å². The molecule has 2 amide bonds. The molecule has 5 N–H and O–H groups in total. The molecule has 2 saturated heterocycles. The maximum atomic E-state index is 13.1. The molecular formula is C31H37N5O10S. The number of aromatic nitrogens is 1. The van der Waals surface area contributed by atoms with Gasteiger partial charge in [0.05, 0.1) is 29.3 Å². The van der Waals surface area contributed by atoms with Gasteiger partial charge < -0.3 is 30.6 Å². The second-order valence-electron chi connectivity index (χ2n) is 10.8. The first-order valence-electron chi connectivity index (χ1n) is 14.6. The molecule has 1 atom stereocenters. The van der Waals surface area contributed by atoms with Crippen LogP contribution in [0.5, 0.6) is 0 Å². The first kappa shape index (κ1) is 36.5. The Kier molecular flexibility index (Phi) is 13.3. The van der Waals surface area contributed by atoms with Crippen LogP contribution in [-0.2, 0) is 28.8 Å². The maximum absolute atomic E-state index is 13.1. The number of nitrogens with zero attached hydrogens (tertiary/aromatic N) is 4. The number of carbonyl (C=O) groups excluding carboxylic acids is 2. The third-order valence-electron chi connectivity index (χ3n) is 7.50. The number of carboxylic acids is 4. The van der Waals surface area contributed by atoms with Gasteiger partial charge in [-0.3, -0.25) is 19.4 Å². The van der Waals surface area contributed by atoms with Crippen LogP contribution >= 0.6 is 11.3 Å².